The lowest BCUT2D eigenvalue weighted by atomic mass is 9.55. The second-order valence-corrected chi connectivity index (χ2v) is 7.23. The van der Waals surface area contributed by atoms with E-state index in [1.165, 1.54) is 51.4 Å². The van der Waals surface area contributed by atoms with E-state index in [0.29, 0.717) is 23.6 Å². The Labute approximate surface area is 132 Å². The molecule has 0 amide bonds. The van der Waals surface area contributed by atoms with Crippen LogP contribution in [-0.4, -0.2) is 33.5 Å². The molecule has 3 aliphatic rings. The monoisotopic (exact) mass is 304 g/mol. The molecule has 1 aromatic heterocycles. The molecule has 0 saturated heterocycles. The van der Waals surface area contributed by atoms with E-state index in [9.17, 15) is 0 Å². The molecule has 122 valence electrons. The maximum atomic E-state index is 6.07. The van der Waals surface area contributed by atoms with Gasteiger partial charge in [0.2, 0.25) is 0 Å². The van der Waals surface area contributed by atoms with Crippen LogP contribution in [0.15, 0.2) is 6.33 Å². The number of aryl methyl sites for hydroxylation is 1. The highest BCUT2D eigenvalue weighted by molar-refractivity contribution is 5.11. The van der Waals surface area contributed by atoms with Crippen molar-refractivity contribution in [2.75, 3.05) is 6.61 Å². The topological polar surface area (TPSA) is 52.0 Å². The number of nitrogens with zero attached hydrogens (tertiary/aromatic N) is 3. The molecule has 3 atom stereocenters. The van der Waals surface area contributed by atoms with Crippen LogP contribution < -0.4 is 5.32 Å². The van der Waals surface area contributed by atoms with E-state index in [0.717, 1.165) is 19.0 Å². The van der Waals surface area contributed by atoms with Crippen LogP contribution in [-0.2, 0) is 11.3 Å². The van der Waals surface area contributed by atoms with Gasteiger partial charge in [-0.1, -0.05) is 19.3 Å². The predicted octanol–water partition coefficient (Wildman–Crippen LogP) is 2.83. The zero-order valence-corrected chi connectivity index (χ0v) is 13.6. The summed E-state index contributed by atoms with van der Waals surface area (Å²) in [5, 5.41) is 8.29. The highest BCUT2D eigenvalue weighted by atomic mass is 16.5. The molecule has 22 heavy (non-hydrogen) atoms. The Hall–Kier alpha value is -0.940. The van der Waals surface area contributed by atoms with Gasteiger partial charge in [0.15, 0.2) is 0 Å². The summed E-state index contributed by atoms with van der Waals surface area (Å²) in [6, 6.07) is 0.972. The van der Waals surface area contributed by atoms with Crippen LogP contribution in [0.2, 0.25) is 0 Å². The number of fused-ring (bicyclic) bond motifs is 1. The van der Waals surface area contributed by atoms with Gasteiger partial charge in [0.1, 0.15) is 12.2 Å². The quantitative estimate of drug-likeness (QED) is 0.929. The van der Waals surface area contributed by atoms with Gasteiger partial charge in [0, 0.05) is 24.6 Å². The number of hydrogen-bond acceptors (Lipinski definition) is 4. The first-order chi connectivity index (χ1) is 10.8. The fourth-order valence-corrected chi connectivity index (χ4v) is 4.99. The Kier molecular flexibility index (Phi) is 3.95. The molecule has 5 heteroatoms. The Balaban J connectivity index is 1.49. The molecule has 1 N–H and O–H groups in total. The third-order valence-electron chi connectivity index (χ3n) is 6.16. The molecular weight excluding hydrogens is 276 g/mol. The van der Waals surface area contributed by atoms with Crippen molar-refractivity contribution in [3.05, 3.63) is 12.2 Å². The smallest absolute Gasteiger partial charge is 0.143 e. The first-order valence-electron chi connectivity index (χ1n) is 9.09. The fraction of sp³-hybridized carbons (Fsp3) is 0.882. The summed E-state index contributed by atoms with van der Waals surface area (Å²) in [6.07, 6.45) is 12.5. The average molecular weight is 304 g/mol. The minimum absolute atomic E-state index is 0.377. The van der Waals surface area contributed by atoms with E-state index in [4.69, 9.17) is 4.74 Å². The highest BCUT2D eigenvalue weighted by Gasteiger charge is 2.56. The van der Waals surface area contributed by atoms with Gasteiger partial charge < -0.3 is 10.1 Å². The summed E-state index contributed by atoms with van der Waals surface area (Å²) in [4.78, 5) is 4.50. The van der Waals surface area contributed by atoms with Crippen LogP contribution in [0.3, 0.4) is 0 Å². The van der Waals surface area contributed by atoms with Gasteiger partial charge in [0.25, 0.3) is 0 Å². The van der Waals surface area contributed by atoms with Crippen molar-refractivity contribution in [1.82, 2.24) is 20.1 Å². The molecule has 1 aromatic rings. The summed E-state index contributed by atoms with van der Waals surface area (Å²) in [6.45, 7) is 3.99. The largest absolute Gasteiger partial charge is 0.378 e. The first kappa shape index (κ1) is 14.6. The van der Waals surface area contributed by atoms with E-state index >= 15 is 0 Å². The molecular formula is C17H28N4O. The molecule has 4 rings (SSSR count). The summed E-state index contributed by atoms with van der Waals surface area (Å²) >= 11 is 0. The highest BCUT2D eigenvalue weighted by Crippen LogP contribution is 2.54. The van der Waals surface area contributed by atoms with Gasteiger partial charge in [-0.3, -0.25) is 0 Å². The van der Waals surface area contributed by atoms with Crippen molar-refractivity contribution in [3.8, 4) is 0 Å². The standard InChI is InChI=1S/C17H28N4O/c1-2-22-15-11-14(17(15)8-4-3-5-9-17)20-13-7-6-10-21-16(13)18-12-19-21/h12-15,20H,2-11H2,1H3/t13-,14+,15+/m0/s1. The van der Waals surface area contributed by atoms with Crippen LogP contribution in [0.5, 0.6) is 0 Å². The van der Waals surface area contributed by atoms with E-state index in [2.05, 4.69) is 27.0 Å². The van der Waals surface area contributed by atoms with Gasteiger partial charge >= 0.3 is 0 Å². The van der Waals surface area contributed by atoms with E-state index in [-0.39, 0.29) is 0 Å². The normalized spacial score (nSPS) is 33.4. The van der Waals surface area contributed by atoms with E-state index in [1.807, 2.05) is 0 Å². The van der Waals surface area contributed by atoms with Gasteiger partial charge in [-0.2, -0.15) is 5.10 Å². The molecule has 0 radical (unpaired) electrons. The van der Waals surface area contributed by atoms with Crippen molar-refractivity contribution >= 4 is 0 Å². The predicted molar refractivity (Wildman–Crippen MR) is 84.5 cm³/mol. The molecule has 2 heterocycles. The molecule has 5 nitrogen and oxygen atoms in total. The van der Waals surface area contributed by atoms with E-state index in [1.54, 1.807) is 6.33 Å². The Morgan fingerprint density at radius 1 is 1.32 bits per heavy atom. The van der Waals surface area contributed by atoms with Crippen molar-refractivity contribution < 1.29 is 4.74 Å². The second-order valence-electron chi connectivity index (χ2n) is 7.23. The number of ether oxygens (including phenoxy) is 1. The van der Waals surface area contributed by atoms with Crippen LogP contribution in [0, 0.1) is 5.41 Å². The maximum Gasteiger partial charge on any atom is 0.143 e. The Morgan fingerprint density at radius 3 is 3.00 bits per heavy atom. The average Bonchev–Trinajstić information content (AvgIpc) is 3.04. The Morgan fingerprint density at radius 2 is 2.18 bits per heavy atom. The van der Waals surface area contributed by atoms with Crippen LogP contribution in [0.1, 0.15) is 70.2 Å². The van der Waals surface area contributed by atoms with Gasteiger partial charge in [-0.15, -0.1) is 0 Å². The maximum absolute atomic E-state index is 6.07. The summed E-state index contributed by atoms with van der Waals surface area (Å²) in [5.41, 5.74) is 0.385. The van der Waals surface area contributed by atoms with Gasteiger partial charge in [0.05, 0.1) is 12.1 Å². The zero-order valence-electron chi connectivity index (χ0n) is 13.6. The summed E-state index contributed by atoms with van der Waals surface area (Å²) < 4.78 is 8.15. The zero-order chi connectivity index (χ0) is 15.0. The lowest BCUT2D eigenvalue weighted by Gasteiger charge is -2.58. The molecule has 2 fully saturated rings. The van der Waals surface area contributed by atoms with Crippen LogP contribution in [0.25, 0.3) is 0 Å². The molecule has 2 saturated carbocycles. The molecule has 0 unspecified atom stereocenters. The summed E-state index contributed by atoms with van der Waals surface area (Å²) in [7, 11) is 0. The lowest BCUT2D eigenvalue weighted by molar-refractivity contribution is -0.152. The fourth-order valence-electron chi connectivity index (χ4n) is 4.99. The number of hydrogen-bond donors (Lipinski definition) is 1. The first-order valence-corrected chi connectivity index (χ1v) is 9.09. The minimum atomic E-state index is 0.377. The minimum Gasteiger partial charge on any atom is -0.378 e. The lowest BCUT2D eigenvalue weighted by Crippen LogP contribution is -2.65. The van der Waals surface area contributed by atoms with Crippen molar-refractivity contribution in [2.45, 2.75) is 83.0 Å². The van der Waals surface area contributed by atoms with Gasteiger partial charge in [-0.25, -0.2) is 9.67 Å². The molecule has 1 aliphatic heterocycles. The molecule has 0 aromatic carbocycles. The third kappa shape index (κ3) is 2.29. The Bertz CT molecular complexity index is 509. The van der Waals surface area contributed by atoms with Gasteiger partial charge in [-0.05, 0) is 39.0 Å². The van der Waals surface area contributed by atoms with Crippen LogP contribution >= 0.6 is 0 Å². The van der Waals surface area contributed by atoms with Crippen molar-refractivity contribution in [2.24, 2.45) is 5.41 Å². The summed E-state index contributed by atoms with van der Waals surface area (Å²) in [5.74, 6) is 1.14. The van der Waals surface area contributed by atoms with E-state index < -0.39 is 0 Å². The third-order valence-corrected chi connectivity index (χ3v) is 6.16. The number of rotatable bonds is 4. The number of nitrogens with one attached hydrogen (secondary N) is 1. The molecule has 2 aliphatic carbocycles. The second kappa shape index (κ2) is 5.93. The van der Waals surface area contributed by atoms with Crippen LogP contribution in [0.4, 0.5) is 0 Å². The SMILES string of the molecule is CCO[C@@H]1C[C@@H](N[C@H]2CCCn3ncnc32)C12CCCCC2. The van der Waals surface area contributed by atoms with Crippen molar-refractivity contribution in [1.29, 1.82) is 0 Å². The molecule has 0 bridgehead atoms. The van der Waals surface area contributed by atoms with Crippen molar-refractivity contribution in [3.63, 3.8) is 0 Å². The molecule has 1 spiro atoms. The number of aromatic nitrogens is 3.